The number of nitrogens with zero attached hydrogens (tertiary/aromatic N) is 5. The summed E-state index contributed by atoms with van der Waals surface area (Å²) in [6, 6.07) is 10.1. The summed E-state index contributed by atoms with van der Waals surface area (Å²) in [5.74, 6) is -1.51. The van der Waals surface area contributed by atoms with Crippen molar-refractivity contribution >= 4 is 5.69 Å². The second-order valence-corrected chi connectivity index (χ2v) is 7.90. The Kier molecular flexibility index (Phi) is 4.37. The predicted molar refractivity (Wildman–Crippen MR) is 105 cm³/mol. The molecule has 0 saturated carbocycles. The quantitative estimate of drug-likeness (QED) is 0.411. The van der Waals surface area contributed by atoms with Gasteiger partial charge in [0.2, 0.25) is 0 Å². The summed E-state index contributed by atoms with van der Waals surface area (Å²) in [5, 5.41) is 40.2. The predicted octanol–water partition coefficient (Wildman–Crippen LogP) is 1.42. The lowest BCUT2D eigenvalue weighted by atomic mass is 9.94. The van der Waals surface area contributed by atoms with Crippen LogP contribution < -0.4 is 9.47 Å². The molecule has 2 aromatic rings. The molecule has 4 bridgehead atoms. The highest BCUT2D eigenvalue weighted by atomic mass is 16.7. The lowest BCUT2D eigenvalue weighted by Gasteiger charge is -2.62. The molecule has 4 aliphatic heterocycles. The number of phenolic OH excluding ortho intramolecular Hbond substituents is 2. The van der Waals surface area contributed by atoms with E-state index in [0.717, 1.165) is 6.67 Å². The number of nitriles is 1. The fraction of sp³-hybridized carbons (Fsp3) is 0.350. The summed E-state index contributed by atoms with van der Waals surface area (Å²) >= 11 is 0. The van der Waals surface area contributed by atoms with Crippen LogP contribution in [0.15, 0.2) is 36.4 Å². The van der Waals surface area contributed by atoms with E-state index in [4.69, 9.17) is 14.7 Å². The van der Waals surface area contributed by atoms with E-state index in [9.17, 15) is 20.3 Å². The van der Waals surface area contributed by atoms with Crippen molar-refractivity contribution in [3.63, 3.8) is 0 Å². The van der Waals surface area contributed by atoms with Gasteiger partial charge >= 0.3 is 11.6 Å². The highest BCUT2D eigenvalue weighted by Gasteiger charge is 2.60. The first-order valence-corrected chi connectivity index (χ1v) is 9.66. The van der Waals surface area contributed by atoms with E-state index in [0.29, 0.717) is 32.2 Å². The number of nitro benzene ring substituents is 1. The van der Waals surface area contributed by atoms with Gasteiger partial charge in [0.1, 0.15) is 23.3 Å². The maximum absolute atomic E-state index is 11.0. The van der Waals surface area contributed by atoms with Gasteiger partial charge < -0.3 is 19.7 Å². The highest BCUT2D eigenvalue weighted by molar-refractivity contribution is 5.50. The minimum absolute atomic E-state index is 0.0983. The van der Waals surface area contributed by atoms with Crippen molar-refractivity contribution in [1.29, 1.82) is 5.26 Å². The van der Waals surface area contributed by atoms with Gasteiger partial charge in [-0.3, -0.25) is 19.9 Å². The third-order valence-corrected chi connectivity index (χ3v) is 5.82. The van der Waals surface area contributed by atoms with Crippen LogP contribution in [0, 0.1) is 27.4 Å². The third-order valence-electron chi connectivity index (χ3n) is 5.82. The minimum Gasteiger partial charge on any atom is -0.506 e. The Labute approximate surface area is 177 Å². The second kappa shape index (κ2) is 6.98. The molecule has 2 N–H and O–H groups in total. The molecular weight excluding hydrogens is 406 g/mol. The van der Waals surface area contributed by atoms with Gasteiger partial charge in [0.05, 0.1) is 36.4 Å². The summed E-state index contributed by atoms with van der Waals surface area (Å²) in [7, 11) is 0. The maximum atomic E-state index is 11.0. The SMILES string of the molecule is N#Cc1ccc(O[C@]2(Oc3ccc([N+](=O)[O-])c(O)c3)[C@H]3C[N@]4C[N@](C3)C[N@]2C4)cc1O. The van der Waals surface area contributed by atoms with Crippen molar-refractivity contribution in [3.05, 3.63) is 52.1 Å². The van der Waals surface area contributed by atoms with Crippen LogP contribution in [0.4, 0.5) is 5.69 Å². The zero-order valence-corrected chi connectivity index (χ0v) is 16.3. The van der Waals surface area contributed by atoms with Crippen molar-refractivity contribution in [3.8, 4) is 29.1 Å². The van der Waals surface area contributed by atoms with Gasteiger partial charge in [0.15, 0.2) is 5.75 Å². The smallest absolute Gasteiger partial charge is 0.323 e. The van der Waals surface area contributed by atoms with Crippen LogP contribution in [0.5, 0.6) is 23.0 Å². The standard InChI is InChI=1S/C20H19N5O6/c21-7-13-1-2-15(5-18(13)26)30-20(14-8-22-10-23(9-14)12-24(20)11-22)31-16-3-4-17(25(28)29)19(27)6-16/h1-6,14,26-27H,8-12H2/t20-/m0/s1. The summed E-state index contributed by atoms with van der Waals surface area (Å²) in [4.78, 5) is 16.9. The van der Waals surface area contributed by atoms with Crippen molar-refractivity contribution in [1.82, 2.24) is 14.7 Å². The molecule has 5 atom stereocenters. The van der Waals surface area contributed by atoms with E-state index in [-0.39, 0.29) is 23.0 Å². The zero-order valence-electron chi connectivity index (χ0n) is 16.3. The number of ether oxygens (including phenoxy) is 2. The van der Waals surface area contributed by atoms with E-state index >= 15 is 0 Å². The Bertz CT molecular complexity index is 1070. The maximum Gasteiger partial charge on any atom is 0.323 e. The number of aromatic hydroxyl groups is 2. The normalized spacial score (nSPS) is 30.5. The topological polar surface area (TPSA) is 136 Å². The molecule has 0 aliphatic carbocycles. The van der Waals surface area contributed by atoms with Crippen LogP contribution in [0.1, 0.15) is 5.56 Å². The third kappa shape index (κ3) is 3.17. The Morgan fingerprint density at radius 2 is 1.65 bits per heavy atom. The molecule has 6 rings (SSSR count). The lowest BCUT2D eigenvalue weighted by molar-refractivity contribution is -0.386. The van der Waals surface area contributed by atoms with Crippen LogP contribution in [0.2, 0.25) is 0 Å². The number of hydrogen-bond donors (Lipinski definition) is 2. The largest absolute Gasteiger partial charge is 0.506 e. The Morgan fingerprint density at radius 3 is 2.16 bits per heavy atom. The molecule has 31 heavy (non-hydrogen) atoms. The van der Waals surface area contributed by atoms with E-state index < -0.39 is 22.3 Å². The van der Waals surface area contributed by atoms with E-state index in [1.165, 1.54) is 30.3 Å². The number of phenols is 2. The van der Waals surface area contributed by atoms with Crippen LogP contribution >= 0.6 is 0 Å². The van der Waals surface area contributed by atoms with Gasteiger partial charge in [-0.2, -0.15) is 5.26 Å². The average molecular weight is 425 g/mol. The van der Waals surface area contributed by atoms with Gasteiger partial charge in [0, 0.05) is 31.3 Å². The van der Waals surface area contributed by atoms with Crippen molar-refractivity contribution in [2.24, 2.45) is 5.92 Å². The summed E-state index contributed by atoms with van der Waals surface area (Å²) in [6.07, 6.45) is 0. The van der Waals surface area contributed by atoms with Gasteiger partial charge in [-0.05, 0) is 18.2 Å². The molecule has 160 valence electrons. The molecule has 4 saturated heterocycles. The Hall–Kier alpha value is -3.59. The average Bonchev–Trinajstić information content (AvgIpc) is 2.71. The number of hydrogen-bond acceptors (Lipinski definition) is 10. The zero-order chi connectivity index (χ0) is 21.8. The fourth-order valence-electron chi connectivity index (χ4n) is 4.54. The molecule has 4 heterocycles. The van der Waals surface area contributed by atoms with Crippen molar-refractivity contribution in [2.45, 2.75) is 5.91 Å². The number of benzene rings is 2. The molecule has 0 amide bonds. The molecule has 0 radical (unpaired) electrons. The molecule has 2 aromatic carbocycles. The molecule has 0 spiro atoms. The van der Waals surface area contributed by atoms with Gasteiger partial charge in [0.25, 0.3) is 0 Å². The summed E-state index contributed by atoms with van der Waals surface area (Å²) < 4.78 is 12.7. The minimum atomic E-state index is -1.25. The Balaban J connectivity index is 1.53. The summed E-state index contributed by atoms with van der Waals surface area (Å²) in [5.41, 5.74) is -0.285. The highest BCUT2D eigenvalue weighted by Crippen LogP contribution is 2.43. The Morgan fingerprint density at radius 1 is 1.03 bits per heavy atom. The molecule has 0 unspecified atom stereocenters. The van der Waals surface area contributed by atoms with Gasteiger partial charge in [-0.15, -0.1) is 0 Å². The lowest BCUT2D eigenvalue weighted by Crippen LogP contribution is -2.80. The fourth-order valence-corrected chi connectivity index (χ4v) is 4.54. The van der Waals surface area contributed by atoms with E-state index in [1.807, 2.05) is 11.0 Å². The molecule has 11 heteroatoms. The number of rotatable bonds is 5. The monoisotopic (exact) mass is 425 g/mol. The number of nitro groups is 1. The first kappa shape index (κ1) is 19.4. The first-order valence-electron chi connectivity index (χ1n) is 9.66. The molecule has 4 aliphatic rings. The van der Waals surface area contributed by atoms with Crippen molar-refractivity contribution < 1.29 is 24.6 Å². The van der Waals surface area contributed by atoms with Crippen LogP contribution in [-0.4, -0.2) is 68.8 Å². The van der Waals surface area contributed by atoms with Crippen LogP contribution in [0.3, 0.4) is 0 Å². The van der Waals surface area contributed by atoms with Crippen LogP contribution in [-0.2, 0) is 0 Å². The molecule has 0 aromatic heterocycles. The summed E-state index contributed by atoms with van der Waals surface area (Å²) in [6.45, 7) is 3.48. The van der Waals surface area contributed by atoms with Crippen molar-refractivity contribution in [2.75, 3.05) is 33.1 Å². The van der Waals surface area contributed by atoms with Gasteiger partial charge in [-0.1, -0.05) is 0 Å². The van der Waals surface area contributed by atoms with Gasteiger partial charge in [-0.25, -0.2) is 4.90 Å². The van der Waals surface area contributed by atoms with Crippen LogP contribution in [0.25, 0.3) is 0 Å². The molecule has 11 nitrogen and oxygen atoms in total. The first-order chi connectivity index (χ1) is 14.9. The molecule has 4 fully saturated rings. The second-order valence-electron chi connectivity index (χ2n) is 7.90. The van der Waals surface area contributed by atoms with E-state index in [2.05, 4.69) is 9.80 Å². The molecular formula is C20H19N5O6. The van der Waals surface area contributed by atoms with E-state index in [1.54, 1.807) is 6.07 Å².